The van der Waals surface area contributed by atoms with E-state index < -0.39 is 6.10 Å². The highest BCUT2D eigenvalue weighted by Gasteiger charge is 2.14. The second-order valence-corrected chi connectivity index (χ2v) is 4.05. The maximum absolute atomic E-state index is 11.8. The van der Waals surface area contributed by atoms with Crippen molar-refractivity contribution >= 4 is 5.91 Å². The summed E-state index contributed by atoms with van der Waals surface area (Å²) in [6, 6.07) is 9.76. The number of rotatable bonds is 5. The topological polar surface area (TPSA) is 71.7 Å². The quantitative estimate of drug-likeness (QED) is 0.864. The van der Waals surface area contributed by atoms with Crippen molar-refractivity contribution in [2.75, 3.05) is 0 Å². The molecule has 1 aromatic heterocycles. The van der Waals surface area contributed by atoms with Crippen LogP contribution in [0.5, 0.6) is 11.5 Å². The van der Waals surface area contributed by atoms with Crippen LogP contribution in [0.25, 0.3) is 0 Å². The summed E-state index contributed by atoms with van der Waals surface area (Å²) in [6.07, 6.45) is 0.928. The highest BCUT2D eigenvalue weighted by Crippen LogP contribution is 2.17. The first kappa shape index (κ1) is 13.0. The van der Waals surface area contributed by atoms with Gasteiger partial charge >= 0.3 is 0 Å². The highest BCUT2D eigenvalue weighted by atomic mass is 16.5. The van der Waals surface area contributed by atoms with Gasteiger partial charge in [0, 0.05) is 0 Å². The number of carbonyl (C=O) groups is 1. The van der Waals surface area contributed by atoms with Gasteiger partial charge < -0.3 is 19.6 Å². The van der Waals surface area contributed by atoms with Crippen LogP contribution in [-0.4, -0.2) is 17.1 Å². The molecule has 19 heavy (non-hydrogen) atoms. The molecular weight excluding hydrogens is 246 g/mol. The van der Waals surface area contributed by atoms with Gasteiger partial charge in [-0.2, -0.15) is 0 Å². The lowest BCUT2D eigenvalue weighted by atomic mass is 10.3. The molecule has 0 aliphatic carbocycles. The number of carbonyl (C=O) groups excluding carboxylic acids is 1. The van der Waals surface area contributed by atoms with Crippen LogP contribution in [0, 0.1) is 0 Å². The fraction of sp³-hybridized carbons (Fsp3) is 0.214. The lowest BCUT2D eigenvalue weighted by Crippen LogP contribution is -2.35. The Morgan fingerprint density at radius 2 is 2.11 bits per heavy atom. The molecule has 1 amide bonds. The van der Waals surface area contributed by atoms with E-state index in [-0.39, 0.29) is 11.7 Å². The normalized spacial score (nSPS) is 11.8. The Labute approximate surface area is 110 Å². The van der Waals surface area contributed by atoms with Crippen LogP contribution in [0.3, 0.4) is 0 Å². The Bertz CT molecular complexity index is 519. The highest BCUT2D eigenvalue weighted by molar-refractivity contribution is 5.80. The van der Waals surface area contributed by atoms with E-state index in [4.69, 9.17) is 14.3 Å². The molecule has 2 aromatic rings. The SMILES string of the molecule is CC(Oc1ccc(O)cc1)C(=O)NCc1ccco1. The van der Waals surface area contributed by atoms with Crippen LogP contribution >= 0.6 is 0 Å². The summed E-state index contributed by atoms with van der Waals surface area (Å²) in [5.41, 5.74) is 0. The number of nitrogens with one attached hydrogen (secondary N) is 1. The van der Waals surface area contributed by atoms with Gasteiger partial charge in [0.2, 0.25) is 0 Å². The Balaban J connectivity index is 1.83. The average Bonchev–Trinajstić information content (AvgIpc) is 2.91. The molecule has 2 rings (SSSR count). The molecule has 0 aliphatic heterocycles. The summed E-state index contributed by atoms with van der Waals surface area (Å²) >= 11 is 0. The summed E-state index contributed by atoms with van der Waals surface area (Å²) in [7, 11) is 0. The monoisotopic (exact) mass is 261 g/mol. The van der Waals surface area contributed by atoms with Crippen LogP contribution in [0.15, 0.2) is 47.1 Å². The lowest BCUT2D eigenvalue weighted by Gasteiger charge is -2.14. The van der Waals surface area contributed by atoms with E-state index in [1.165, 1.54) is 12.1 Å². The number of furan rings is 1. The van der Waals surface area contributed by atoms with Gasteiger partial charge in [-0.05, 0) is 43.3 Å². The summed E-state index contributed by atoms with van der Waals surface area (Å²) < 4.78 is 10.6. The molecule has 0 saturated carbocycles. The predicted molar refractivity (Wildman–Crippen MR) is 68.8 cm³/mol. The van der Waals surface area contributed by atoms with E-state index in [0.717, 1.165) is 0 Å². The van der Waals surface area contributed by atoms with Crippen LogP contribution < -0.4 is 10.1 Å². The van der Waals surface area contributed by atoms with Gasteiger partial charge in [0.1, 0.15) is 17.3 Å². The molecule has 0 radical (unpaired) electrons. The summed E-state index contributed by atoms with van der Waals surface area (Å²) in [4.78, 5) is 11.8. The molecule has 0 spiro atoms. The van der Waals surface area contributed by atoms with Gasteiger partial charge in [-0.25, -0.2) is 0 Å². The van der Waals surface area contributed by atoms with E-state index in [0.29, 0.717) is 18.1 Å². The number of hydrogen-bond donors (Lipinski definition) is 2. The Morgan fingerprint density at radius 3 is 2.74 bits per heavy atom. The van der Waals surface area contributed by atoms with Crippen LogP contribution in [0.2, 0.25) is 0 Å². The second kappa shape index (κ2) is 5.95. The largest absolute Gasteiger partial charge is 0.508 e. The van der Waals surface area contributed by atoms with Crippen molar-refractivity contribution in [1.82, 2.24) is 5.32 Å². The Hall–Kier alpha value is -2.43. The Kier molecular flexibility index (Phi) is 4.07. The molecule has 0 saturated heterocycles. The van der Waals surface area contributed by atoms with Crippen molar-refractivity contribution in [3.05, 3.63) is 48.4 Å². The third-order valence-corrected chi connectivity index (χ3v) is 2.54. The number of benzene rings is 1. The van der Waals surface area contributed by atoms with E-state index in [1.54, 1.807) is 37.5 Å². The minimum Gasteiger partial charge on any atom is -0.508 e. The third kappa shape index (κ3) is 3.77. The third-order valence-electron chi connectivity index (χ3n) is 2.54. The second-order valence-electron chi connectivity index (χ2n) is 4.05. The van der Waals surface area contributed by atoms with Gasteiger partial charge in [0.15, 0.2) is 6.10 Å². The summed E-state index contributed by atoms with van der Waals surface area (Å²) in [5.74, 6) is 1.13. The molecule has 1 atom stereocenters. The van der Waals surface area contributed by atoms with Crippen molar-refractivity contribution in [2.24, 2.45) is 0 Å². The first-order chi connectivity index (χ1) is 9.15. The van der Waals surface area contributed by atoms with Gasteiger partial charge in [-0.1, -0.05) is 0 Å². The zero-order valence-electron chi connectivity index (χ0n) is 10.5. The Morgan fingerprint density at radius 1 is 1.37 bits per heavy atom. The molecule has 5 heteroatoms. The molecule has 1 aromatic carbocycles. The number of phenolic OH excluding ortho intramolecular Hbond substituents is 1. The smallest absolute Gasteiger partial charge is 0.261 e. The number of ether oxygens (including phenoxy) is 1. The molecule has 5 nitrogen and oxygen atoms in total. The standard InChI is InChI=1S/C14H15NO4/c1-10(19-12-6-4-11(16)5-7-12)14(17)15-9-13-3-2-8-18-13/h2-8,10,16H,9H2,1H3,(H,15,17). The van der Waals surface area contributed by atoms with Crippen LogP contribution in [-0.2, 0) is 11.3 Å². The van der Waals surface area contributed by atoms with Gasteiger partial charge in [0.05, 0.1) is 12.8 Å². The van der Waals surface area contributed by atoms with Crippen molar-refractivity contribution < 1.29 is 19.1 Å². The fourth-order valence-corrected chi connectivity index (χ4v) is 1.51. The van der Waals surface area contributed by atoms with Gasteiger partial charge in [-0.15, -0.1) is 0 Å². The maximum atomic E-state index is 11.8. The zero-order chi connectivity index (χ0) is 13.7. The van der Waals surface area contributed by atoms with Crippen LogP contribution in [0.1, 0.15) is 12.7 Å². The molecule has 0 aliphatic rings. The van der Waals surface area contributed by atoms with Crippen molar-refractivity contribution in [1.29, 1.82) is 0 Å². The summed E-state index contributed by atoms with van der Waals surface area (Å²) in [6.45, 7) is 1.99. The molecule has 100 valence electrons. The van der Waals surface area contributed by atoms with Gasteiger partial charge in [-0.3, -0.25) is 4.79 Å². The minimum atomic E-state index is -0.625. The fourth-order valence-electron chi connectivity index (χ4n) is 1.51. The van der Waals surface area contributed by atoms with E-state index in [2.05, 4.69) is 5.32 Å². The number of hydrogen-bond acceptors (Lipinski definition) is 4. The predicted octanol–water partition coefficient (Wildman–Crippen LogP) is 2.07. The van der Waals surface area contributed by atoms with Crippen molar-refractivity contribution in [3.63, 3.8) is 0 Å². The van der Waals surface area contributed by atoms with E-state index in [9.17, 15) is 4.79 Å². The molecular formula is C14H15NO4. The minimum absolute atomic E-state index is 0.155. The van der Waals surface area contributed by atoms with E-state index >= 15 is 0 Å². The zero-order valence-corrected chi connectivity index (χ0v) is 10.5. The molecule has 0 bridgehead atoms. The average molecular weight is 261 g/mol. The van der Waals surface area contributed by atoms with E-state index in [1.807, 2.05) is 0 Å². The molecule has 2 N–H and O–H groups in total. The maximum Gasteiger partial charge on any atom is 0.261 e. The molecule has 1 heterocycles. The molecule has 1 unspecified atom stereocenters. The first-order valence-corrected chi connectivity index (χ1v) is 5.91. The summed E-state index contributed by atoms with van der Waals surface area (Å²) in [5, 5.41) is 11.9. The number of aromatic hydroxyl groups is 1. The lowest BCUT2D eigenvalue weighted by molar-refractivity contribution is -0.127. The van der Waals surface area contributed by atoms with Gasteiger partial charge in [0.25, 0.3) is 5.91 Å². The molecule has 0 fully saturated rings. The van der Waals surface area contributed by atoms with Crippen molar-refractivity contribution in [3.8, 4) is 11.5 Å². The first-order valence-electron chi connectivity index (χ1n) is 5.91. The van der Waals surface area contributed by atoms with Crippen LogP contribution in [0.4, 0.5) is 0 Å². The number of amides is 1. The number of phenols is 1. The van der Waals surface area contributed by atoms with Crippen molar-refractivity contribution in [2.45, 2.75) is 19.6 Å².